The Morgan fingerprint density at radius 3 is 2.39 bits per heavy atom. The average molecular weight is 525 g/mol. The summed E-state index contributed by atoms with van der Waals surface area (Å²) >= 11 is 1.84. The Labute approximate surface area is 228 Å². The summed E-state index contributed by atoms with van der Waals surface area (Å²) < 4.78 is 1.79. The second-order valence-electron chi connectivity index (χ2n) is 9.72. The lowest BCUT2D eigenvalue weighted by Crippen LogP contribution is -2.44. The van der Waals surface area contributed by atoms with Crippen LogP contribution in [-0.4, -0.2) is 38.8 Å². The van der Waals surface area contributed by atoms with Crippen molar-refractivity contribution in [1.82, 2.24) is 14.7 Å². The van der Waals surface area contributed by atoms with E-state index in [1.54, 1.807) is 17.7 Å². The molecule has 2 heterocycles. The molecule has 0 atom stereocenters. The number of rotatable bonds is 9. The Balaban J connectivity index is 1.82. The van der Waals surface area contributed by atoms with Crippen molar-refractivity contribution in [3.05, 3.63) is 83.1 Å². The van der Waals surface area contributed by atoms with Gasteiger partial charge in [0.2, 0.25) is 0 Å². The molecule has 0 N–H and O–H groups in total. The van der Waals surface area contributed by atoms with Crippen LogP contribution in [0.2, 0.25) is 0 Å². The van der Waals surface area contributed by atoms with Gasteiger partial charge in [-0.05, 0) is 60.9 Å². The topological polar surface area (TPSA) is 79.0 Å². The zero-order chi connectivity index (χ0) is 27.2. The van der Waals surface area contributed by atoms with Crippen molar-refractivity contribution in [3.8, 4) is 23.0 Å². The monoisotopic (exact) mass is 524 g/mol. The molecule has 4 rings (SSSR count). The van der Waals surface area contributed by atoms with Gasteiger partial charge >= 0.3 is 0 Å². The van der Waals surface area contributed by atoms with Crippen molar-refractivity contribution in [2.75, 3.05) is 12.3 Å². The van der Waals surface area contributed by atoms with E-state index in [1.807, 2.05) is 68.2 Å². The van der Waals surface area contributed by atoms with E-state index in [0.29, 0.717) is 11.1 Å². The predicted molar refractivity (Wildman–Crippen MR) is 152 cm³/mol. The molecule has 0 aliphatic carbocycles. The molecule has 38 heavy (non-hydrogen) atoms. The fourth-order valence-electron chi connectivity index (χ4n) is 4.29. The maximum atomic E-state index is 13.5. The van der Waals surface area contributed by atoms with Crippen molar-refractivity contribution >= 4 is 29.7 Å². The quantitative estimate of drug-likeness (QED) is 0.135. The molecule has 1 aliphatic rings. The molecule has 0 unspecified atom stereocenters. The Morgan fingerprint density at radius 2 is 1.76 bits per heavy atom. The van der Waals surface area contributed by atoms with Gasteiger partial charge in [0.05, 0.1) is 11.4 Å². The summed E-state index contributed by atoms with van der Waals surface area (Å²) in [4.78, 5) is 28.8. The minimum Gasteiger partial charge on any atom is -0.273 e. The second kappa shape index (κ2) is 12.1. The van der Waals surface area contributed by atoms with E-state index in [0.717, 1.165) is 28.3 Å². The van der Waals surface area contributed by atoms with E-state index < -0.39 is 5.91 Å². The zero-order valence-corrected chi connectivity index (χ0v) is 23.1. The molecule has 1 aliphatic heterocycles. The number of unbranched alkanes of at least 4 members (excludes halogenated alkanes) is 1. The number of para-hydroxylation sites is 1. The van der Waals surface area contributed by atoms with Gasteiger partial charge in [-0.25, -0.2) is 4.68 Å². The van der Waals surface area contributed by atoms with Crippen LogP contribution >= 0.6 is 11.8 Å². The summed E-state index contributed by atoms with van der Waals surface area (Å²) in [6.45, 7) is 7.98. The molecule has 0 saturated heterocycles. The first-order valence-electron chi connectivity index (χ1n) is 12.9. The van der Waals surface area contributed by atoms with Crippen molar-refractivity contribution in [1.29, 1.82) is 5.26 Å². The van der Waals surface area contributed by atoms with Crippen LogP contribution in [0.3, 0.4) is 0 Å². The second-order valence-corrected chi connectivity index (χ2v) is 10.9. The van der Waals surface area contributed by atoms with Crippen LogP contribution in [0.1, 0.15) is 46.1 Å². The molecule has 2 aromatic carbocycles. The number of nitrogens with zero attached hydrogens (tertiary/aromatic N) is 4. The smallest absolute Gasteiger partial charge is 0.271 e. The van der Waals surface area contributed by atoms with Crippen molar-refractivity contribution in [2.45, 2.75) is 45.4 Å². The van der Waals surface area contributed by atoms with Crippen molar-refractivity contribution in [3.63, 3.8) is 0 Å². The van der Waals surface area contributed by atoms with Gasteiger partial charge in [0.15, 0.2) is 0 Å². The average Bonchev–Trinajstić information content (AvgIpc) is 3.34. The summed E-state index contributed by atoms with van der Waals surface area (Å²) in [7, 11) is 0. The molecule has 2 amide bonds. The Bertz CT molecular complexity index is 1430. The number of aromatic nitrogens is 2. The number of carbonyl (C=O) groups is 2. The van der Waals surface area contributed by atoms with Crippen LogP contribution in [0.15, 0.2) is 82.4 Å². The maximum Gasteiger partial charge on any atom is 0.271 e. The van der Waals surface area contributed by atoms with E-state index in [9.17, 15) is 14.9 Å². The number of imide groups is 1. The Hall–Kier alpha value is -3.89. The van der Waals surface area contributed by atoms with Gasteiger partial charge in [0.25, 0.3) is 11.8 Å². The van der Waals surface area contributed by atoms with Crippen LogP contribution in [0.25, 0.3) is 23.0 Å². The van der Waals surface area contributed by atoms with Crippen LogP contribution < -0.4 is 0 Å². The Morgan fingerprint density at radius 1 is 1.05 bits per heavy atom. The lowest BCUT2D eigenvalue weighted by molar-refractivity contribution is -0.141. The number of carbonyl (C=O) groups excluding carboxylic acids is 2. The van der Waals surface area contributed by atoms with Gasteiger partial charge in [-0.15, -0.1) is 11.8 Å². The van der Waals surface area contributed by atoms with E-state index >= 15 is 0 Å². The minimum atomic E-state index is -0.530. The molecule has 0 fully saturated rings. The largest absolute Gasteiger partial charge is 0.273 e. The van der Waals surface area contributed by atoms with Gasteiger partial charge in [0.1, 0.15) is 11.6 Å². The maximum absolute atomic E-state index is 13.5. The van der Waals surface area contributed by atoms with Crippen LogP contribution in [0.4, 0.5) is 0 Å². The first-order chi connectivity index (χ1) is 18.3. The highest BCUT2D eigenvalue weighted by Crippen LogP contribution is 2.32. The lowest BCUT2D eigenvalue weighted by Gasteiger charge is -2.28. The van der Waals surface area contributed by atoms with Gasteiger partial charge in [-0.3, -0.25) is 14.5 Å². The summed E-state index contributed by atoms with van der Waals surface area (Å²) in [6.07, 6.45) is 5.99. The van der Waals surface area contributed by atoms with E-state index in [4.69, 9.17) is 5.10 Å². The minimum absolute atomic E-state index is 0.00181. The molecule has 3 aromatic rings. The number of hydrogen-bond acceptors (Lipinski definition) is 5. The Kier molecular flexibility index (Phi) is 8.65. The highest BCUT2D eigenvalue weighted by Gasteiger charge is 2.35. The third-order valence-electron chi connectivity index (χ3n) is 6.33. The molecule has 0 bridgehead atoms. The van der Waals surface area contributed by atoms with E-state index in [2.05, 4.69) is 31.2 Å². The standard InChI is InChI=1S/C31H32N4O2S/c1-5-6-16-38-26-14-12-23(13-15-26)29-24(20-35(33-29)25-10-8-7-9-11-25)17-27-22(4)28(18-32)31(37)34(30(27)36)19-21(2)3/h7-15,17,20-21H,5-6,16,19H2,1-4H3/b27-17+. The fourth-order valence-corrected chi connectivity index (χ4v) is 5.29. The highest BCUT2D eigenvalue weighted by molar-refractivity contribution is 7.99. The van der Waals surface area contributed by atoms with Gasteiger partial charge < -0.3 is 0 Å². The number of benzene rings is 2. The van der Waals surface area contributed by atoms with Crippen LogP contribution in [-0.2, 0) is 9.59 Å². The lowest BCUT2D eigenvalue weighted by atomic mass is 9.92. The predicted octanol–water partition coefficient (Wildman–Crippen LogP) is 6.68. The van der Waals surface area contributed by atoms with Crippen LogP contribution in [0, 0.1) is 17.2 Å². The highest BCUT2D eigenvalue weighted by atomic mass is 32.2. The summed E-state index contributed by atoms with van der Waals surface area (Å²) in [6, 6.07) is 20.1. The van der Waals surface area contributed by atoms with E-state index in [1.165, 1.54) is 22.6 Å². The van der Waals surface area contributed by atoms with Gasteiger partial charge in [0, 0.05) is 34.3 Å². The normalized spacial score (nSPS) is 15.1. The van der Waals surface area contributed by atoms with Crippen LogP contribution in [0.5, 0.6) is 0 Å². The molecule has 0 spiro atoms. The number of hydrogen-bond donors (Lipinski definition) is 0. The van der Waals surface area contributed by atoms with E-state index in [-0.39, 0.29) is 23.9 Å². The SMILES string of the molecule is CCCCSc1ccc(-c2nn(-c3ccccc3)cc2/C=C2/C(=O)N(CC(C)C)C(=O)C(C#N)=C2C)cc1. The first-order valence-corrected chi connectivity index (χ1v) is 13.9. The molecular formula is C31H32N4O2S. The molecule has 1 aromatic heterocycles. The van der Waals surface area contributed by atoms with Crippen molar-refractivity contribution < 1.29 is 9.59 Å². The first kappa shape index (κ1) is 27.2. The third-order valence-corrected chi connectivity index (χ3v) is 7.43. The molecule has 0 saturated carbocycles. The summed E-state index contributed by atoms with van der Waals surface area (Å²) in [5, 5.41) is 14.6. The number of amides is 2. The number of thioether (sulfide) groups is 1. The summed E-state index contributed by atoms with van der Waals surface area (Å²) in [5.74, 6) is 0.238. The molecule has 7 heteroatoms. The third kappa shape index (κ3) is 5.81. The molecule has 194 valence electrons. The van der Waals surface area contributed by atoms with Crippen molar-refractivity contribution in [2.24, 2.45) is 5.92 Å². The molecular weight excluding hydrogens is 492 g/mol. The molecule has 0 radical (unpaired) electrons. The van der Waals surface area contributed by atoms with Gasteiger partial charge in [-0.1, -0.05) is 57.5 Å². The zero-order valence-electron chi connectivity index (χ0n) is 22.3. The van der Waals surface area contributed by atoms with Gasteiger partial charge in [-0.2, -0.15) is 10.4 Å². The molecule has 6 nitrogen and oxygen atoms in total. The summed E-state index contributed by atoms with van der Waals surface area (Å²) in [5.41, 5.74) is 4.00. The fraction of sp³-hybridized carbons (Fsp3) is 0.290. The number of nitriles is 1.